The molecule has 1 heterocycles. The molecule has 0 unspecified atom stereocenters. The van der Waals surface area contributed by atoms with Gasteiger partial charge >= 0.3 is 0 Å². The zero-order valence-corrected chi connectivity index (χ0v) is 17.3. The molecule has 3 aromatic rings. The fourth-order valence-electron chi connectivity index (χ4n) is 2.76. The van der Waals surface area contributed by atoms with Crippen molar-refractivity contribution in [3.05, 3.63) is 68.0 Å². The lowest BCUT2D eigenvalue weighted by Crippen LogP contribution is -2.28. The molecule has 1 atom stereocenters. The van der Waals surface area contributed by atoms with Crippen molar-refractivity contribution in [3.63, 3.8) is 0 Å². The lowest BCUT2D eigenvalue weighted by Gasteiger charge is -2.14. The highest BCUT2D eigenvalue weighted by Crippen LogP contribution is 2.28. The van der Waals surface area contributed by atoms with E-state index >= 15 is 0 Å². The minimum Gasteiger partial charge on any atom is -0.392 e. The van der Waals surface area contributed by atoms with Crippen molar-refractivity contribution in [3.8, 4) is 0 Å². The van der Waals surface area contributed by atoms with Crippen LogP contribution in [0.2, 0.25) is 5.02 Å². The Labute approximate surface area is 179 Å². The maximum Gasteiger partial charge on any atom is 0.294 e. The molecule has 0 aliphatic carbocycles. The Hall–Kier alpha value is -2.95. The van der Waals surface area contributed by atoms with Gasteiger partial charge in [0.05, 0.1) is 34.2 Å². The smallest absolute Gasteiger partial charge is 0.294 e. The molecule has 1 amide bonds. The van der Waals surface area contributed by atoms with Gasteiger partial charge in [-0.3, -0.25) is 24.3 Å². The standard InChI is InChI=1S/C19H17ClN4O5S/c1-11(25)9-23-18(27)13-4-2-3-5-14(13)22-19(23)30-10-17(26)21-15-7-6-12(20)8-16(15)24(28)29/h2-8,11,25H,9-10H2,1H3,(H,21,26)/t11-/m0/s1. The maximum atomic E-state index is 12.8. The van der Waals surface area contributed by atoms with Crippen molar-refractivity contribution >= 4 is 51.5 Å². The van der Waals surface area contributed by atoms with Crippen LogP contribution in [0.25, 0.3) is 10.9 Å². The summed E-state index contributed by atoms with van der Waals surface area (Å²) in [6, 6.07) is 10.7. The number of fused-ring (bicyclic) bond motifs is 1. The van der Waals surface area contributed by atoms with E-state index in [4.69, 9.17) is 11.6 Å². The molecule has 9 nitrogen and oxygen atoms in total. The van der Waals surface area contributed by atoms with Gasteiger partial charge in [-0.25, -0.2) is 4.98 Å². The van der Waals surface area contributed by atoms with E-state index < -0.39 is 16.9 Å². The summed E-state index contributed by atoms with van der Waals surface area (Å²) < 4.78 is 1.32. The van der Waals surface area contributed by atoms with Crippen LogP contribution in [0.1, 0.15) is 6.92 Å². The molecule has 0 aliphatic rings. The summed E-state index contributed by atoms with van der Waals surface area (Å²) in [6.07, 6.45) is -0.796. The third kappa shape index (κ3) is 4.96. The molecule has 0 radical (unpaired) electrons. The molecule has 156 valence electrons. The van der Waals surface area contributed by atoms with E-state index in [2.05, 4.69) is 10.3 Å². The second kappa shape index (κ2) is 9.24. The lowest BCUT2D eigenvalue weighted by molar-refractivity contribution is -0.383. The van der Waals surface area contributed by atoms with Gasteiger partial charge in [-0.1, -0.05) is 35.5 Å². The molecule has 0 fully saturated rings. The normalized spacial score (nSPS) is 12.0. The predicted molar refractivity (Wildman–Crippen MR) is 115 cm³/mol. The van der Waals surface area contributed by atoms with E-state index in [0.717, 1.165) is 17.8 Å². The number of thioether (sulfide) groups is 1. The summed E-state index contributed by atoms with van der Waals surface area (Å²) in [5, 5.41) is 24.2. The minimum atomic E-state index is -0.796. The second-order valence-corrected chi connectivity index (χ2v) is 7.81. The van der Waals surface area contributed by atoms with Gasteiger partial charge in [-0.05, 0) is 31.2 Å². The molecule has 3 rings (SSSR count). The minimum absolute atomic E-state index is 0.0165. The number of nitrogens with zero attached hydrogens (tertiary/aromatic N) is 3. The fourth-order valence-corrected chi connectivity index (χ4v) is 3.74. The number of carbonyl (C=O) groups excluding carboxylic acids is 1. The number of benzene rings is 2. The van der Waals surface area contributed by atoms with Crippen LogP contribution in [0.15, 0.2) is 52.4 Å². The number of aliphatic hydroxyl groups is 1. The molecule has 0 saturated carbocycles. The van der Waals surface area contributed by atoms with E-state index in [9.17, 15) is 24.8 Å². The number of hydrogen-bond donors (Lipinski definition) is 2. The molecule has 0 spiro atoms. The number of nitrogens with one attached hydrogen (secondary N) is 1. The Morgan fingerprint density at radius 3 is 2.80 bits per heavy atom. The Balaban J connectivity index is 1.84. The molecule has 30 heavy (non-hydrogen) atoms. The second-order valence-electron chi connectivity index (χ2n) is 6.43. The SMILES string of the molecule is C[C@H](O)Cn1c(SCC(=O)Nc2ccc(Cl)cc2[N+](=O)[O-])nc2ccccc2c1=O. The van der Waals surface area contributed by atoms with Gasteiger partial charge in [-0.15, -0.1) is 0 Å². The average Bonchev–Trinajstić information content (AvgIpc) is 2.70. The topological polar surface area (TPSA) is 127 Å². The number of nitro groups is 1. The van der Waals surface area contributed by atoms with Crippen LogP contribution in [-0.4, -0.2) is 37.3 Å². The molecule has 0 bridgehead atoms. The summed E-state index contributed by atoms with van der Waals surface area (Å²) in [7, 11) is 0. The third-order valence-electron chi connectivity index (χ3n) is 4.04. The Morgan fingerprint density at radius 1 is 1.37 bits per heavy atom. The van der Waals surface area contributed by atoms with E-state index in [-0.39, 0.29) is 39.4 Å². The van der Waals surface area contributed by atoms with E-state index in [1.54, 1.807) is 31.2 Å². The van der Waals surface area contributed by atoms with E-state index in [0.29, 0.717) is 10.9 Å². The zero-order valence-electron chi connectivity index (χ0n) is 15.7. The zero-order chi connectivity index (χ0) is 21.8. The molecular formula is C19H17ClN4O5S. The van der Waals surface area contributed by atoms with Gasteiger partial charge in [0.15, 0.2) is 5.16 Å². The van der Waals surface area contributed by atoms with Crippen LogP contribution in [0.3, 0.4) is 0 Å². The quantitative estimate of drug-likeness (QED) is 0.246. The average molecular weight is 449 g/mol. The first-order valence-electron chi connectivity index (χ1n) is 8.80. The van der Waals surface area contributed by atoms with Crippen LogP contribution in [0.4, 0.5) is 11.4 Å². The van der Waals surface area contributed by atoms with Crippen LogP contribution in [0, 0.1) is 10.1 Å². The highest BCUT2D eigenvalue weighted by Gasteiger charge is 2.18. The number of anilines is 1. The molecular weight excluding hydrogens is 432 g/mol. The number of para-hydroxylation sites is 1. The van der Waals surface area contributed by atoms with E-state index in [1.807, 2.05) is 0 Å². The van der Waals surface area contributed by atoms with Crippen molar-refractivity contribution in [2.24, 2.45) is 0 Å². The summed E-state index contributed by atoms with van der Waals surface area (Å²) in [6.45, 7) is 1.56. The molecule has 0 aliphatic heterocycles. The molecule has 2 N–H and O–H groups in total. The highest BCUT2D eigenvalue weighted by molar-refractivity contribution is 7.99. The first-order chi connectivity index (χ1) is 14.3. The number of aromatic nitrogens is 2. The van der Waals surface area contributed by atoms with Crippen LogP contribution >= 0.6 is 23.4 Å². The highest BCUT2D eigenvalue weighted by atomic mass is 35.5. The van der Waals surface area contributed by atoms with Gasteiger partial charge < -0.3 is 10.4 Å². The monoisotopic (exact) mass is 448 g/mol. The van der Waals surface area contributed by atoms with Crippen molar-refractivity contribution in [1.29, 1.82) is 0 Å². The number of carbonyl (C=O) groups is 1. The molecule has 11 heteroatoms. The summed E-state index contributed by atoms with van der Waals surface area (Å²) in [5.74, 6) is -0.666. The Morgan fingerprint density at radius 2 is 2.10 bits per heavy atom. The van der Waals surface area contributed by atoms with Crippen LogP contribution in [-0.2, 0) is 11.3 Å². The first-order valence-corrected chi connectivity index (χ1v) is 10.2. The van der Waals surface area contributed by atoms with Gasteiger partial charge in [0.25, 0.3) is 11.2 Å². The number of nitro benzene ring substituents is 1. The Bertz CT molecular complexity index is 1180. The number of aliphatic hydroxyl groups excluding tert-OH is 1. The molecule has 1 aromatic heterocycles. The molecule has 2 aromatic carbocycles. The maximum absolute atomic E-state index is 12.8. The van der Waals surface area contributed by atoms with Crippen LogP contribution < -0.4 is 10.9 Å². The van der Waals surface area contributed by atoms with Gasteiger partial charge in [0.2, 0.25) is 5.91 Å². The number of rotatable bonds is 7. The van der Waals surface area contributed by atoms with Crippen LogP contribution in [0.5, 0.6) is 0 Å². The van der Waals surface area contributed by atoms with Gasteiger partial charge in [-0.2, -0.15) is 0 Å². The molecule has 0 saturated heterocycles. The largest absolute Gasteiger partial charge is 0.392 e. The summed E-state index contributed by atoms with van der Waals surface area (Å²) in [5.41, 5.74) is -0.156. The third-order valence-corrected chi connectivity index (χ3v) is 5.25. The summed E-state index contributed by atoms with van der Waals surface area (Å²) >= 11 is 6.77. The predicted octanol–water partition coefficient (Wildman–Crippen LogP) is 3.07. The fraction of sp³-hybridized carbons (Fsp3) is 0.211. The lowest BCUT2D eigenvalue weighted by atomic mass is 10.2. The van der Waals surface area contributed by atoms with Crippen molar-refractivity contribution in [1.82, 2.24) is 9.55 Å². The first kappa shape index (κ1) is 21.8. The van der Waals surface area contributed by atoms with Gasteiger partial charge in [0.1, 0.15) is 5.69 Å². The summed E-state index contributed by atoms with van der Waals surface area (Å²) in [4.78, 5) is 40.1. The number of halogens is 1. The van der Waals surface area contributed by atoms with Crippen molar-refractivity contribution in [2.75, 3.05) is 11.1 Å². The number of hydrogen-bond acceptors (Lipinski definition) is 7. The Kier molecular flexibility index (Phi) is 6.70. The van der Waals surface area contributed by atoms with E-state index in [1.165, 1.54) is 16.7 Å². The van der Waals surface area contributed by atoms with Crippen molar-refractivity contribution in [2.45, 2.75) is 24.7 Å². The van der Waals surface area contributed by atoms with Gasteiger partial charge in [0, 0.05) is 11.1 Å². The number of amides is 1. The van der Waals surface area contributed by atoms with Crippen molar-refractivity contribution < 1.29 is 14.8 Å².